The highest BCUT2D eigenvalue weighted by molar-refractivity contribution is 6.08. The quantitative estimate of drug-likeness (QED) is 0.349. The average molecular weight is 460 g/mol. The molecular weight excluding hydrogens is 424 g/mol. The molecule has 0 atom stereocenters. The van der Waals surface area contributed by atoms with Gasteiger partial charge in [0, 0.05) is 24.7 Å². The van der Waals surface area contributed by atoms with E-state index in [0.29, 0.717) is 12.0 Å². The summed E-state index contributed by atoms with van der Waals surface area (Å²) < 4.78 is 7.73. The van der Waals surface area contributed by atoms with E-state index in [1.54, 1.807) is 7.11 Å². The predicted molar refractivity (Wildman–Crippen MR) is 139 cm³/mol. The molecule has 0 unspecified atom stereocenters. The van der Waals surface area contributed by atoms with Gasteiger partial charge in [0.1, 0.15) is 30.7 Å². The van der Waals surface area contributed by atoms with Gasteiger partial charge in [0.05, 0.1) is 30.6 Å². The van der Waals surface area contributed by atoms with E-state index in [2.05, 4.69) is 60.1 Å². The van der Waals surface area contributed by atoms with E-state index in [0.717, 1.165) is 60.0 Å². The summed E-state index contributed by atoms with van der Waals surface area (Å²) in [7, 11) is 5.82. The Bertz CT molecular complexity index is 1220. The van der Waals surface area contributed by atoms with Gasteiger partial charge in [-0.15, -0.1) is 0 Å². The summed E-state index contributed by atoms with van der Waals surface area (Å²) in [6, 6.07) is 8.21. The molecule has 0 aliphatic carbocycles. The van der Waals surface area contributed by atoms with Crippen LogP contribution >= 0.6 is 0 Å². The molecule has 2 aliphatic heterocycles. The first kappa shape index (κ1) is 23.7. The van der Waals surface area contributed by atoms with Crippen molar-refractivity contribution in [2.75, 3.05) is 38.0 Å². The van der Waals surface area contributed by atoms with Gasteiger partial charge in [-0.2, -0.15) is 0 Å². The lowest BCUT2D eigenvalue weighted by atomic mass is 10.0. The fraction of sp³-hybridized carbons (Fsp3) is 0.393. The Morgan fingerprint density at radius 1 is 1.21 bits per heavy atom. The van der Waals surface area contributed by atoms with Crippen molar-refractivity contribution in [1.82, 2.24) is 4.98 Å². The normalized spacial score (nSPS) is 16.5. The Kier molecular flexibility index (Phi) is 6.87. The van der Waals surface area contributed by atoms with E-state index in [-0.39, 0.29) is 5.78 Å². The molecule has 2 aromatic rings. The summed E-state index contributed by atoms with van der Waals surface area (Å²) in [6.45, 7) is 7.12. The summed E-state index contributed by atoms with van der Waals surface area (Å²) in [5.74, 6) is 2.14. The highest BCUT2D eigenvalue weighted by atomic mass is 16.5. The first-order chi connectivity index (χ1) is 16.3. The van der Waals surface area contributed by atoms with Gasteiger partial charge in [-0.25, -0.2) is 4.58 Å². The monoisotopic (exact) mass is 459 g/mol. The van der Waals surface area contributed by atoms with Crippen LogP contribution in [0.2, 0.25) is 0 Å². The number of fused-ring (bicyclic) bond motifs is 1. The number of carbonyl (C=O) groups excluding carboxylic acids is 1. The number of aromatic nitrogens is 1. The lowest BCUT2D eigenvalue weighted by molar-refractivity contribution is -0.492. The van der Waals surface area contributed by atoms with E-state index in [1.807, 2.05) is 26.1 Å². The highest BCUT2D eigenvalue weighted by Crippen LogP contribution is 2.37. The van der Waals surface area contributed by atoms with Crippen molar-refractivity contribution < 1.29 is 14.1 Å². The minimum atomic E-state index is 0.149. The molecular formula is C28H35N4O2+. The van der Waals surface area contributed by atoms with Gasteiger partial charge in [0.15, 0.2) is 12.0 Å². The minimum absolute atomic E-state index is 0.149. The molecule has 1 aromatic carbocycles. The molecule has 34 heavy (non-hydrogen) atoms. The van der Waals surface area contributed by atoms with Gasteiger partial charge in [0.25, 0.3) is 0 Å². The molecule has 6 heteroatoms. The first-order valence-electron chi connectivity index (χ1n) is 11.9. The fourth-order valence-corrected chi connectivity index (χ4v) is 4.52. The number of ketones is 1. The maximum atomic E-state index is 13.0. The Hall–Kier alpha value is -3.41. The number of nitrogens with zero attached hydrogens (tertiary/aromatic N) is 3. The van der Waals surface area contributed by atoms with E-state index in [1.165, 1.54) is 16.8 Å². The lowest BCUT2D eigenvalue weighted by Crippen LogP contribution is -2.18. The van der Waals surface area contributed by atoms with E-state index >= 15 is 0 Å². The van der Waals surface area contributed by atoms with Crippen molar-refractivity contribution in [3.63, 3.8) is 0 Å². The Labute approximate surface area is 202 Å². The maximum absolute atomic E-state index is 13.0. The summed E-state index contributed by atoms with van der Waals surface area (Å²) in [5.41, 5.74) is 8.22. The SMILES string of the molecule is COC1=C(c2cc(C(=O)CCC/C=C3/Nc4cc(C)c(C)cc4N3C)cc(C)n2)C=[N+](C)CC1. The van der Waals surface area contributed by atoms with Crippen molar-refractivity contribution >= 4 is 28.9 Å². The minimum Gasteiger partial charge on any atom is -0.500 e. The van der Waals surface area contributed by atoms with Crippen LogP contribution in [0.25, 0.3) is 5.57 Å². The van der Waals surface area contributed by atoms with Crippen LogP contribution in [0.1, 0.15) is 58.6 Å². The summed E-state index contributed by atoms with van der Waals surface area (Å²) >= 11 is 0. The van der Waals surface area contributed by atoms with Gasteiger partial charge >= 0.3 is 0 Å². The summed E-state index contributed by atoms with van der Waals surface area (Å²) in [4.78, 5) is 19.9. The molecule has 2 aliphatic rings. The van der Waals surface area contributed by atoms with Gasteiger partial charge in [0.2, 0.25) is 0 Å². The second-order valence-electron chi connectivity index (χ2n) is 9.33. The van der Waals surface area contributed by atoms with Crippen LogP contribution in [-0.4, -0.2) is 49.3 Å². The van der Waals surface area contributed by atoms with Crippen LogP contribution in [0.15, 0.2) is 41.9 Å². The molecule has 0 saturated heterocycles. The molecule has 4 rings (SSSR count). The largest absolute Gasteiger partial charge is 0.500 e. The number of carbonyl (C=O) groups is 1. The second kappa shape index (κ2) is 9.84. The topological polar surface area (TPSA) is 57.5 Å². The lowest BCUT2D eigenvalue weighted by Gasteiger charge is -2.15. The van der Waals surface area contributed by atoms with Crippen molar-refractivity contribution in [3.05, 3.63) is 70.0 Å². The van der Waals surface area contributed by atoms with Gasteiger partial charge in [-0.05, 0) is 75.1 Å². The number of allylic oxidation sites excluding steroid dienone is 2. The van der Waals surface area contributed by atoms with Crippen LogP contribution in [0, 0.1) is 20.8 Å². The van der Waals surface area contributed by atoms with Gasteiger partial charge in [-0.3, -0.25) is 9.78 Å². The molecule has 1 aromatic heterocycles. The molecule has 178 valence electrons. The fourth-order valence-electron chi connectivity index (χ4n) is 4.52. The highest BCUT2D eigenvalue weighted by Gasteiger charge is 2.22. The van der Waals surface area contributed by atoms with Gasteiger partial charge in [-0.1, -0.05) is 0 Å². The van der Waals surface area contributed by atoms with Gasteiger partial charge < -0.3 is 15.0 Å². The molecule has 3 heterocycles. The number of hydrogen-bond donors (Lipinski definition) is 1. The Morgan fingerprint density at radius 2 is 1.97 bits per heavy atom. The molecule has 0 amide bonds. The number of nitrogens with one attached hydrogen (secondary N) is 1. The molecule has 1 N–H and O–H groups in total. The third-order valence-corrected chi connectivity index (χ3v) is 6.68. The second-order valence-corrected chi connectivity index (χ2v) is 9.33. The zero-order valence-electron chi connectivity index (χ0n) is 21.2. The first-order valence-corrected chi connectivity index (χ1v) is 11.9. The van der Waals surface area contributed by atoms with Crippen molar-refractivity contribution in [1.29, 1.82) is 0 Å². The third-order valence-electron chi connectivity index (χ3n) is 6.68. The number of anilines is 2. The van der Waals surface area contributed by atoms with Crippen LogP contribution in [0.5, 0.6) is 0 Å². The number of unbranched alkanes of at least 4 members (excludes halogenated alkanes) is 1. The number of Topliss-reactive ketones (excluding diaryl/α,β-unsaturated/α-hetero) is 1. The van der Waals surface area contributed by atoms with E-state index < -0.39 is 0 Å². The van der Waals surface area contributed by atoms with E-state index in [9.17, 15) is 4.79 Å². The number of aryl methyl sites for hydroxylation is 3. The number of methoxy groups -OCH3 is 1. The van der Waals surface area contributed by atoms with Crippen molar-refractivity contribution in [2.24, 2.45) is 0 Å². The predicted octanol–water partition coefficient (Wildman–Crippen LogP) is 5.24. The molecule has 0 saturated carbocycles. The third kappa shape index (κ3) is 4.91. The number of benzene rings is 1. The summed E-state index contributed by atoms with van der Waals surface area (Å²) in [6.07, 6.45) is 7.20. The average Bonchev–Trinajstić information content (AvgIpc) is 3.10. The number of hydrogen-bond acceptors (Lipinski definition) is 5. The van der Waals surface area contributed by atoms with Crippen LogP contribution in [-0.2, 0) is 4.74 Å². The molecule has 0 radical (unpaired) electrons. The zero-order chi connectivity index (χ0) is 24.4. The van der Waals surface area contributed by atoms with Crippen LogP contribution in [0.3, 0.4) is 0 Å². The van der Waals surface area contributed by atoms with Crippen LogP contribution < -0.4 is 10.2 Å². The molecule has 0 spiro atoms. The molecule has 6 nitrogen and oxygen atoms in total. The zero-order valence-corrected chi connectivity index (χ0v) is 21.2. The maximum Gasteiger partial charge on any atom is 0.176 e. The van der Waals surface area contributed by atoms with Crippen molar-refractivity contribution in [3.8, 4) is 0 Å². The van der Waals surface area contributed by atoms with Crippen LogP contribution in [0.4, 0.5) is 11.4 Å². The Morgan fingerprint density at radius 3 is 2.74 bits per heavy atom. The standard InChI is InChI=1S/C28H35N4O2/c1-18-13-24-25(14-19(18)2)32(5)28(30-24)10-8-7-9-26(33)21-15-20(3)29-23(16-21)22-17-31(4)12-11-27(22)34-6/h10,13-17,30H,7-9,11-12H2,1-6H3/q+1/b28-10-. The number of ether oxygens (including phenoxy) is 1. The summed E-state index contributed by atoms with van der Waals surface area (Å²) in [5, 5.41) is 3.51. The number of pyridine rings is 1. The smallest absolute Gasteiger partial charge is 0.176 e. The molecule has 0 bridgehead atoms. The molecule has 0 fully saturated rings. The Balaban J connectivity index is 1.42. The number of rotatable bonds is 7. The van der Waals surface area contributed by atoms with Crippen molar-refractivity contribution in [2.45, 2.75) is 46.5 Å². The van der Waals surface area contributed by atoms with E-state index in [4.69, 9.17) is 9.72 Å².